The summed E-state index contributed by atoms with van der Waals surface area (Å²) in [5.41, 5.74) is 1.88. The van der Waals surface area contributed by atoms with Gasteiger partial charge in [0.05, 0.1) is 24.1 Å². The van der Waals surface area contributed by atoms with Crippen molar-refractivity contribution in [3.63, 3.8) is 0 Å². The maximum atomic E-state index is 12.6. The number of carbonyl (C=O) groups is 2. The lowest BCUT2D eigenvalue weighted by Crippen LogP contribution is -2.49. The van der Waals surface area contributed by atoms with E-state index >= 15 is 0 Å². The number of benzene rings is 1. The highest BCUT2D eigenvalue weighted by Gasteiger charge is 2.28. The van der Waals surface area contributed by atoms with Gasteiger partial charge in [-0.2, -0.15) is 0 Å². The predicted molar refractivity (Wildman–Crippen MR) is 92.1 cm³/mol. The molecule has 8 nitrogen and oxygen atoms in total. The van der Waals surface area contributed by atoms with Crippen LogP contribution in [0.25, 0.3) is 5.69 Å². The van der Waals surface area contributed by atoms with Crippen molar-refractivity contribution in [1.82, 2.24) is 30.5 Å². The number of hydrogen-bond acceptors (Lipinski definition) is 4. The molecule has 3 amide bonds. The van der Waals surface area contributed by atoms with Crippen LogP contribution in [0, 0.1) is 0 Å². The quantitative estimate of drug-likeness (QED) is 0.878. The van der Waals surface area contributed by atoms with Gasteiger partial charge < -0.3 is 15.5 Å². The van der Waals surface area contributed by atoms with Gasteiger partial charge in [0.15, 0.2) is 0 Å². The van der Waals surface area contributed by atoms with Gasteiger partial charge >= 0.3 is 6.03 Å². The molecule has 1 aliphatic rings. The minimum atomic E-state index is -0.468. The fourth-order valence-corrected chi connectivity index (χ4v) is 2.83. The van der Waals surface area contributed by atoms with E-state index < -0.39 is 6.04 Å². The van der Waals surface area contributed by atoms with E-state index in [2.05, 4.69) is 20.9 Å². The first-order valence-corrected chi connectivity index (χ1v) is 8.38. The molecule has 0 unspecified atom stereocenters. The third kappa shape index (κ3) is 3.78. The normalized spacial score (nSPS) is 19.0. The van der Waals surface area contributed by atoms with Crippen molar-refractivity contribution in [1.29, 1.82) is 0 Å². The lowest BCUT2D eigenvalue weighted by molar-refractivity contribution is -0.124. The molecule has 132 valence electrons. The van der Waals surface area contributed by atoms with Crippen molar-refractivity contribution < 1.29 is 9.59 Å². The van der Waals surface area contributed by atoms with Crippen LogP contribution in [0.5, 0.6) is 0 Å². The highest BCUT2D eigenvalue weighted by Crippen LogP contribution is 2.16. The summed E-state index contributed by atoms with van der Waals surface area (Å²) < 4.78 is 1.67. The van der Waals surface area contributed by atoms with Crippen LogP contribution in [0.1, 0.15) is 31.9 Å². The van der Waals surface area contributed by atoms with Gasteiger partial charge in [0.2, 0.25) is 5.91 Å². The average molecular weight is 342 g/mol. The lowest BCUT2D eigenvalue weighted by Gasteiger charge is -2.27. The molecule has 25 heavy (non-hydrogen) atoms. The summed E-state index contributed by atoms with van der Waals surface area (Å²) in [7, 11) is 0. The number of rotatable bonds is 3. The molecule has 0 spiro atoms. The molecule has 1 aliphatic heterocycles. The molecular formula is C17H22N6O2. The van der Waals surface area contributed by atoms with Crippen LogP contribution >= 0.6 is 0 Å². The Kier molecular flexibility index (Phi) is 4.97. The van der Waals surface area contributed by atoms with Gasteiger partial charge in [0.25, 0.3) is 0 Å². The van der Waals surface area contributed by atoms with Gasteiger partial charge in [0, 0.05) is 13.1 Å². The number of urea groups is 1. The monoisotopic (exact) mass is 342 g/mol. The summed E-state index contributed by atoms with van der Waals surface area (Å²) in [6.45, 7) is 4.83. The van der Waals surface area contributed by atoms with Crippen molar-refractivity contribution in [2.24, 2.45) is 0 Å². The maximum absolute atomic E-state index is 12.6. The molecule has 8 heteroatoms. The van der Waals surface area contributed by atoms with E-state index in [0.29, 0.717) is 13.1 Å². The van der Waals surface area contributed by atoms with E-state index in [0.717, 1.165) is 17.7 Å². The first-order chi connectivity index (χ1) is 12.1. The molecular weight excluding hydrogens is 320 g/mol. The smallest absolute Gasteiger partial charge is 0.318 e. The molecule has 1 fully saturated rings. The Morgan fingerprint density at radius 1 is 1.36 bits per heavy atom. The average Bonchev–Trinajstić information content (AvgIpc) is 3.10. The van der Waals surface area contributed by atoms with Gasteiger partial charge in [0.1, 0.15) is 6.04 Å². The number of hydrogen-bond donors (Lipinski definition) is 2. The zero-order valence-corrected chi connectivity index (χ0v) is 14.3. The Labute approximate surface area is 146 Å². The second-order valence-corrected chi connectivity index (χ2v) is 6.12. The Hall–Kier alpha value is -2.90. The standard InChI is InChI=1S/C17H22N6O2/c1-12(14-4-6-15(7-5-14)23-11-9-19-21-23)20-17(25)22-10-3-8-18-16(24)13(22)2/h4-7,9,11-13H,3,8,10H2,1-2H3,(H,18,24)(H,20,25)/t12-,13+/m0/s1. The van der Waals surface area contributed by atoms with Crippen LogP contribution in [-0.2, 0) is 4.79 Å². The molecule has 0 radical (unpaired) electrons. The van der Waals surface area contributed by atoms with Crippen LogP contribution in [0.3, 0.4) is 0 Å². The highest BCUT2D eigenvalue weighted by molar-refractivity contribution is 5.87. The fraction of sp³-hybridized carbons (Fsp3) is 0.412. The molecule has 0 saturated carbocycles. The topological polar surface area (TPSA) is 92.2 Å². The molecule has 2 atom stereocenters. The van der Waals surface area contributed by atoms with Crippen molar-refractivity contribution in [3.05, 3.63) is 42.2 Å². The Bertz CT molecular complexity index is 728. The van der Waals surface area contributed by atoms with Crippen molar-refractivity contribution in [3.8, 4) is 5.69 Å². The third-order valence-corrected chi connectivity index (χ3v) is 4.40. The van der Waals surface area contributed by atoms with Crippen LogP contribution < -0.4 is 10.6 Å². The molecule has 0 bridgehead atoms. The second kappa shape index (κ2) is 7.33. The van der Waals surface area contributed by atoms with E-state index in [1.54, 1.807) is 28.9 Å². The Balaban J connectivity index is 1.65. The molecule has 2 N–H and O–H groups in total. The van der Waals surface area contributed by atoms with Gasteiger partial charge in [-0.1, -0.05) is 17.3 Å². The summed E-state index contributed by atoms with van der Waals surface area (Å²) >= 11 is 0. The van der Waals surface area contributed by atoms with Crippen LogP contribution in [0.2, 0.25) is 0 Å². The van der Waals surface area contributed by atoms with E-state index in [9.17, 15) is 9.59 Å². The number of amides is 3. The Morgan fingerprint density at radius 2 is 2.12 bits per heavy atom. The summed E-state index contributed by atoms with van der Waals surface area (Å²) in [4.78, 5) is 26.0. The van der Waals surface area contributed by atoms with Gasteiger partial charge in [-0.05, 0) is 38.0 Å². The molecule has 1 aromatic heterocycles. The van der Waals surface area contributed by atoms with Crippen LogP contribution in [0.15, 0.2) is 36.7 Å². The minimum Gasteiger partial charge on any atom is -0.354 e. The maximum Gasteiger partial charge on any atom is 0.318 e. The van der Waals surface area contributed by atoms with Crippen LogP contribution in [-0.4, -0.2) is 51.0 Å². The van der Waals surface area contributed by atoms with Gasteiger partial charge in [-0.15, -0.1) is 5.10 Å². The lowest BCUT2D eigenvalue weighted by atomic mass is 10.1. The zero-order valence-electron chi connectivity index (χ0n) is 14.3. The number of nitrogens with one attached hydrogen (secondary N) is 2. The molecule has 2 heterocycles. The van der Waals surface area contributed by atoms with E-state index in [-0.39, 0.29) is 18.0 Å². The van der Waals surface area contributed by atoms with Gasteiger partial charge in [-0.25, -0.2) is 9.48 Å². The summed E-state index contributed by atoms with van der Waals surface area (Å²) in [6.07, 6.45) is 4.14. The molecule has 3 rings (SSSR count). The van der Waals surface area contributed by atoms with E-state index in [1.807, 2.05) is 31.2 Å². The number of aromatic nitrogens is 3. The number of carbonyl (C=O) groups excluding carboxylic acids is 2. The molecule has 1 saturated heterocycles. The Morgan fingerprint density at radius 3 is 2.80 bits per heavy atom. The first kappa shape index (κ1) is 16.9. The van der Waals surface area contributed by atoms with Crippen LogP contribution in [0.4, 0.5) is 4.79 Å². The summed E-state index contributed by atoms with van der Waals surface area (Å²) in [5, 5.41) is 13.5. The van der Waals surface area contributed by atoms with Crippen molar-refractivity contribution in [2.75, 3.05) is 13.1 Å². The van der Waals surface area contributed by atoms with E-state index in [1.165, 1.54) is 0 Å². The van der Waals surface area contributed by atoms with Crippen molar-refractivity contribution >= 4 is 11.9 Å². The third-order valence-electron chi connectivity index (χ3n) is 4.40. The summed E-state index contributed by atoms with van der Waals surface area (Å²) in [6, 6.07) is 6.88. The predicted octanol–water partition coefficient (Wildman–Crippen LogP) is 1.25. The number of nitrogens with zero attached hydrogens (tertiary/aromatic N) is 4. The van der Waals surface area contributed by atoms with E-state index in [4.69, 9.17) is 0 Å². The molecule has 1 aromatic carbocycles. The van der Waals surface area contributed by atoms with Gasteiger partial charge in [-0.3, -0.25) is 4.79 Å². The SMILES string of the molecule is C[C@H](NC(=O)N1CCCNC(=O)[C@H]1C)c1ccc(-n2ccnn2)cc1. The fourth-order valence-electron chi connectivity index (χ4n) is 2.83. The highest BCUT2D eigenvalue weighted by atomic mass is 16.2. The minimum absolute atomic E-state index is 0.113. The summed E-state index contributed by atoms with van der Waals surface area (Å²) in [5.74, 6) is -0.113. The largest absolute Gasteiger partial charge is 0.354 e. The zero-order chi connectivity index (χ0) is 17.8. The van der Waals surface area contributed by atoms with Crippen molar-refractivity contribution in [2.45, 2.75) is 32.4 Å². The first-order valence-electron chi connectivity index (χ1n) is 8.38. The second-order valence-electron chi connectivity index (χ2n) is 6.12. The molecule has 0 aliphatic carbocycles. The molecule has 2 aromatic rings.